The van der Waals surface area contributed by atoms with E-state index in [9.17, 15) is 0 Å². The van der Waals surface area contributed by atoms with Gasteiger partial charge in [0, 0.05) is 18.4 Å². The van der Waals surface area contributed by atoms with E-state index < -0.39 is 0 Å². The number of piperidine rings is 3. The van der Waals surface area contributed by atoms with E-state index in [4.69, 9.17) is 4.84 Å². The van der Waals surface area contributed by atoms with Crippen molar-refractivity contribution in [2.24, 2.45) is 22.9 Å². The summed E-state index contributed by atoms with van der Waals surface area (Å²) in [6.07, 6.45) is 5.43. The van der Waals surface area contributed by atoms with Gasteiger partial charge in [0.25, 0.3) is 0 Å². The van der Waals surface area contributed by atoms with Crippen molar-refractivity contribution in [3.8, 4) is 0 Å². The molecule has 15 heavy (non-hydrogen) atoms. The van der Waals surface area contributed by atoms with Crippen LogP contribution in [0.4, 0.5) is 0 Å². The molecule has 0 aromatic heterocycles. The number of hydrogen-bond donors (Lipinski definition) is 0. The molecule has 3 heteroatoms. The van der Waals surface area contributed by atoms with Crippen LogP contribution < -0.4 is 0 Å². The monoisotopic (exact) mass is 208 g/mol. The molecule has 0 N–H and O–H groups in total. The lowest BCUT2D eigenvalue weighted by Crippen LogP contribution is -2.50. The molecule has 0 unspecified atom stereocenters. The molecule has 3 aliphatic heterocycles. The van der Waals surface area contributed by atoms with E-state index in [-0.39, 0.29) is 0 Å². The fraction of sp³-hybridized carbons (Fsp3) is 0.917. The minimum absolute atomic E-state index is 0.708. The van der Waals surface area contributed by atoms with Crippen LogP contribution >= 0.6 is 0 Å². The molecule has 0 aromatic carbocycles. The smallest absolute Gasteiger partial charge is 0.106 e. The molecule has 0 radical (unpaired) electrons. The molecular formula is C12H20N2O. The van der Waals surface area contributed by atoms with Gasteiger partial charge in [-0.1, -0.05) is 5.16 Å². The van der Waals surface area contributed by atoms with Crippen LogP contribution in [0.25, 0.3) is 0 Å². The summed E-state index contributed by atoms with van der Waals surface area (Å²) in [4.78, 5) is 7.63. The van der Waals surface area contributed by atoms with Crippen molar-refractivity contribution >= 4 is 5.71 Å². The Kier molecular flexibility index (Phi) is 2.43. The Balaban J connectivity index is 1.77. The summed E-state index contributed by atoms with van der Waals surface area (Å²) in [5.74, 6) is 2.36. The predicted octanol–water partition coefficient (Wildman–Crippen LogP) is 1.74. The van der Waals surface area contributed by atoms with Gasteiger partial charge in [0.2, 0.25) is 0 Å². The Morgan fingerprint density at radius 1 is 1.20 bits per heavy atom. The van der Waals surface area contributed by atoms with Crippen molar-refractivity contribution in [3.05, 3.63) is 0 Å². The highest BCUT2D eigenvalue weighted by Gasteiger charge is 2.42. The lowest BCUT2D eigenvalue weighted by atomic mass is 9.75. The normalized spacial score (nSPS) is 40.6. The number of rotatable bonds is 3. The second-order valence-electron chi connectivity index (χ2n) is 5.22. The molecule has 3 saturated heterocycles. The lowest BCUT2D eigenvalue weighted by Gasteiger charge is -2.45. The van der Waals surface area contributed by atoms with E-state index in [1.807, 2.05) is 0 Å². The third kappa shape index (κ3) is 1.78. The van der Waals surface area contributed by atoms with Crippen molar-refractivity contribution in [2.75, 3.05) is 26.7 Å². The Morgan fingerprint density at radius 3 is 2.40 bits per heavy atom. The number of hydrogen-bond acceptors (Lipinski definition) is 3. The fourth-order valence-corrected chi connectivity index (χ4v) is 3.23. The average molecular weight is 208 g/mol. The van der Waals surface area contributed by atoms with Crippen LogP contribution in [0.15, 0.2) is 5.16 Å². The van der Waals surface area contributed by atoms with Crippen LogP contribution in [-0.2, 0) is 4.84 Å². The van der Waals surface area contributed by atoms with Gasteiger partial charge in [0.15, 0.2) is 0 Å². The first-order chi connectivity index (χ1) is 7.38. The van der Waals surface area contributed by atoms with E-state index in [1.165, 1.54) is 51.0 Å². The van der Waals surface area contributed by atoms with Gasteiger partial charge >= 0.3 is 0 Å². The third-order valence-corrected chi connectivity index (χ3v) is 4.23. The van der Waals surface area contributed by atoms with Crippen LogP contribution in [0.1, 0.15) is 25.7 Å². The number of nitrogens with zero attached hydrogens (tertiary/aromatic N) is 2. The fourth-order valence-electron chi connectivity index (χ4n) is 3.23. The molecule has 1 atom stereocenters. The van der Waals surface area contributed by atoms with Crippen molar-refractivity contribution in [1.82, 2.24) is 4.90 Å². The quantitative estimate of drug-likeness (QED) is 0.521. The Hall–Kier alpha value is -0.570. The lowest BCUT2D eigenvalue weighted by molar-refractivity contribution is 0.0779. The van der Waals surface area contributed by atoms with Gasteiger partial charge in [0.05, 0.1) is 5.71 Å². The standard InChI is InChI=1S/C12H20N2O/c1-15-13-12(10-2-3-10)11-8-14-6-4-9(11)5-7-14/h9-11H,2-8H2,1H3/t11-/m0/s1. The maximum Gasteiger partial charge on any atom is 0.106 e. The van der Waals surface area contributed by atoms with E-state index in [1.54, 1.807) is 7.11 Å². The van der Waals surface area contributed by atoms with E-state index >= 15 is 0 Å². The maximum atomic E-state index is 5.04. The van der Waals surface area contributed by atoms with Crippen molar-refractivity contribution in [2.45, 2.75) is 25.7 Å². The van der Waals surface area contributed by atoms with Crippen LogP contribution in [0, 0.1) is 17.8 Å². The first-order valence-corrected chi connectivity index (χ1v) is 6.22. The second-order valence-corrected chi connectivity index (χ2v) is 5.22. The second kappa shape index (κ2) is 3.78. The van der Waals surface area contributed by atoms with Gasteiger partial charge in [-0.15, -0.1) is 0 Å². The molecule has 84 valence electrons. The largest absolute Gasteiger partial charge is 0.399 e. The van der Waals surface area contributed by atoms with E-state index in [0.29, 0.717) is 5.92 Å². The summed E-state index contributed by atoms with van der Waals surface area (Å²) in [7, 11) is 1.68. The Bertz CT molecular complexity index is 265. The molecule has 4 aliphatic rings. The summed E-state index contributed by atoms with van der Waals surface area (Å²) in [6.45, 7) is 3.86. The Labute approximate surface area is 91.5 Å². The highest BCUT2D eigenvalue weighted by Crippen LogP contribution is 2.41. The van der Waals surface area contributed by atoms with Crippen molar-refractivity contribution < 1.29 is 4.84 Å². The highest BCUT2D eigenvalue weighted by atomic mass is 16.6. The van der Waals surface area contributed by atoms with Crippen molar-refractivity contribution in [3.63, 3.8) is 0 Å². The van der Waals surface area contributed by atoms with Gasteiger partial charge in [0.1, 0.15) is 7.11 Å². The van der Waals surface area contributed by atoms with Crippen LogP contribution in [0.2, 0.25) is 0 Å². The van der Waals surface area contributed by atoms with Crippen molar-refractivity contribution in [1.29, 1.82) is 0 Å². The molecule has 1 saturated carbocycles. The van der Waals surface area contributed by atoms with E-state index in [0.717, 1.165) is 11.8 Å². The molecule has 0 amide bonds. The summed E-state index contributed by atoms with van der Waals surface area (Å²) in [6, 6.07) is 0. The Morgan fingerprint density at radius 2 is 1.93 bits per heavy atom. The maximum absolute atomic E-state index is 5.04. The first kappa shape index (κ1) is 9.64. The zero-order valence-corrected chi connectivity index (χ0v) is 9.48. The SMILES string of the molecule is CON=C(C1CC1)[C@H]1CN2CCC1CC2. The molecule has 4 fully saturated rings. The summed E-state index contributed by atoms with van der Waals surface area (Å²) in [5, 5.41) is 4.32. The minimum atomic E-state index is 0.708. The van der Waals surface area contributed by atoms with Crippen LogP contribution in [0.3, 0.4) is 0 Å². The first-order valence-electron chi connectivity index (χ1n) is 6.22. The van der Waals surface area contributed by atoms with Gasteiger partial charge in [-0.05, 0) is 44.7 Å². The molecule has 0 aromatic rings. The molecular weight excluding hydrogens is 188 g/mol. The van der Waals surface area contributed by atoms with Gasteiger partial charge in [-0.2, -0.15) is 0 Å². The molecule has 4 rings (SSSR count). The summed E-state index contributed by atoms with van der Waals surface area (Å²) >= 11 is 0. The zero-order valence-electron chi connectivity index (χ0n) is 9.48. The average Bonchev–Trinajstić information content (AvgIpc) is 3.11. The summed E-state index contributed by atoms with van der Waals surface area (Å²) < 4.78 is 0. The van der Waals surface area contributed by atoms with E-state index in [2.05, 4.69) is 10.1 Å². The van der Waals surface area contributed by atoms with Crippen LogP contribution in [-0.4, -0.2) is 37.4 Å². The predicted molar refractivity (Wildman–Crippen MR) is 59.8 cm³/mol. The van der Waals surface area contributed by atoms with Crippen LogP contribution in [0.5, 0.6) is 0 Å². The van der Waals surface area contributed by atoms with Gasteiger partial charge in [-0.25, -0.2) is 0 Å². The molecule has 0 spiro atoms. The summed E-state index contributed by atoms with van der Waals surface area (Å²) in [5.41, 5.74) is 1.38. The zero-order chi connectivity index (χ0) is 10.3. The minimum Gasteiger partial charge on any atom is -0.399 e. The molecule has 3 heterocycles. The topological polar surface area (TPSA) is 24.8 Å². The number of fused-ring (bicyclic) bond motifs is 3. The molecule has 2 bridgehead atoms. The molecule has 1 aliphatic carbocycles. The highest BCUT2D eigenvalue weighted by molar-refractivity contribution is 5.91. The molecule has 3 nitrogen and oxygen atoms in total. The van der Waals surface area contributed by atoms with Gasteiger partial charge in [-0.3, -0.25) is 0 Å². The third-order valence-electron chi connectivity index (χ3n) is 4.23. The number of oxime groups is 1. The van der Waals surface area contributed by atoms with Gasteiger partial charge < -0.3 is 9.74 Å².